The number of hydrogen-bond acceptors (Lipinski definition) is 4. The van der Waals surface area contributed by atoms with Crippen molar-refractivity contribution in [3.63, 3.8) is 0 Å². The molecule has 31 heavy (non-hydrogen) atoms. The Morgan fingerprint density at radius 3 is 2.29 bits per heavy atom. The quantitative estimate of drug-likeness (QED) is 0.444. The van der Waals surface area contributed by atoms with Crippen LogP contribution in [0.3, 0.4) is 0 Å². The second kappa shape index (κ2) is 9.58. The van der Waals surface area contributed by atoms with Gasteiger partial charge in [-0.3, -0.25) is 9.52 Å². The fourth-order valence-corrected chi connectivity index (χ4v) is 5.39. The lowest BCUT2D eigenvalue weighted by atomic mass is 10.1. The maximum absolute atomic E-state index is 13.1. The molecule has 0 saturated carbocycles. The van der Waals surface area contributed by atoms with E-state index in [1.807, 2.05) is 51.1 Å². The van der Waals surface area contributed by atoms with E-state index in [9.17, 15) is 13.2 Å². The Kier molecular flexibility index (Phi) is 7.08. The van der Waals surface area contributed by atoms with Crippen LogP contribution in [0.4, 0.5) is 11.4 Å². The Hall–Kier alpha value is -2.77. The lowest BCUT2D eigenvalue weighted by Gasteiger charge is -2.14. The molecule has 0 atom stereocenters. The van der Waals surface area contributed by atoms with Gasteiger partial charge in [0.05, 0.1) is 10.6 Å². The Labute approximate surface area is 188 Å². The zero-order chi connectivity index (χ0) is 22.6. The third-order valence-electron chi connectivity index (χ3n) is 4.65. The zero-order valence-corrected chi connectivity index (χ0v) is 19.7. The van der Waals surface area contributed by atoms with Gasteiger partial charge in [-0.15, -0.1) is 11.8 Å². The molecule has 0 bridgehead atoms. The Balaban J connectivity index is 1.90. The summed E-state index contributed by atoms with van der Waals surface area (Å²) in [7, 11) is -3.86. The molecule has 0 unspecified atom stereocenters. The maximum atomic E-state index is 13.1. The number of thioether (sulfide) groups is 1. The van der Waals surface area contributed by atoms with Crippen LogP contribution >= 0.6 is 11.8 Å². The van der Waals surface area contributed by atoms with E-state index in [-0.39, 0.29) is 16.4 Å². The summed E-state index contributed by atoms with van der Waals surface area (Å²) in [6, 6.07) is 17.8. The van der Waals surface area contributed by atoms with Gasteiger partial charge in [-0.1, -0.05) is 31.2 Å². The van der Waals surface area contributed by atoms with Gasteiger partial charge in [0.25, 0.3) is 15.9 Å². The molecule has 0 radical (unpaired) electrons. The standard InChI is InChI=1S/C24H26N2O3S2/c1-5-30-22-9-7-6-8-21(22)25-24(27)19-11-10-18(4)23(15-19)31(28,29)26-20-13-16(2)12-17(3)14-20/h6-15,26H,5H2,1-4H3,(H,25,27). The Bertz CT molecular complexity index is 1200. The molecule has 0 aromatic heterocycles. The van der Waals surface area contributed by atoms with Crippen LogP contribution in [-0.2, 0) is 10.0 Å². The molecule has 0 spiro atoms. The van der Waals surface area contributed by atoms with Crippen LogP contribution in [0.5, 0.6) is 0 Å². The van der Waals surface area contributed by atoms with Crippen molar-refractivity contribution in [3.05, 3.63) is 82.9 Å². The smallest absolute Gasteiger partial charge is 0.262 e. The van der Waals surface area contributed by atoms with Gasteiger partial charge in [0.1, 0.15) is 0 Å². The van der Waals surface area contributed by atoms with Crippen molar-refractivity contribution in [1.29, 1.82) is 0 Å². The number of benzene rings is 3. The average molecular weight is 455 g/mol. The number of sulfonamides is 1. The molecule has 3 aromatic carbocycles. The molecule has 7 heteroatoms. The second-order valence-electron chi connectivity index (χ2n) is 7.35. The summed E-state index contributed by atoms with van der Waals surface area (Å²) in [5.41, 5.74) is 3.98. The highest BCUT2D eigenvalue weighted by Gasteiger charge is 2.20. The number of para-hydroxylation sites is 1. The van der Waals surface area contributed by atoms with E-state index in [4.69, 9.17) is 0 Å². The summed E-state index contributed by atoms with van der Waals surface area (Å²) in [6.45, 7) is 7.58. The minimum absolute atomic E-state index is 0.0792. The number of anilines is 2. The first kappa shape index (κ1) is 22.9. The van der Waals surface area contributed by atoms with E-state index in [2.05, 4.69) is 10.0 Å². The predicted molar refractivity (Wildman–Crippen MR) is 129 cm³/mol. The van der Waals surface area contributed by atoms with Crippen molar-refractivity contribution in [2.75, 3.05) is 15.8 Å². The van der Waals surface area contributed by atoms with E-state index >= 15 is 0 Å². The molecular weight excluding hydrogens is 428 g/mol. The maximum Gasteiger partial charge on any atom is 0.262 e. The first-order chi connectivity index (χ1) is 14.7. The van der Waals surface area contributed by atoms with Crippen molar-refractivity contribution < 1.29 is 13.2 Å². The van der Waals surface area contributed by atoms with Gasteiger partial charge in [0.15, 0.2) is 0 Å². The summed E-state index contributed by atoms with van der Waals surface area (Å²) in [5.74, 6) is 0.524. The fourth-order valence-electron chi connectivity index (χ4n) is 3.32. The highest BCUT2D eigenvalue weighted by atomic mass is 32.2. The van der Waals surface area contributed by atoms with Crippen LogP contribution < -0.4 is 10.0 Å². The van der Waals surface area contributed by atoms with Crippen molar-refractivity contribution in [1.82, 2.24) is 0 Å². The van der Waals surface area contributed by atoms with Gasteiger partial charge >= 0.3 is 0 Å². The van der Waals surface area contributed by atoms with E-state index in [1.165, 1.54) is 6.07 Å². The monoisotopic (exact) mass is 454 g/mol. The van der Waals surface area contributed by atoms with Gasteiger partial charge in [0.2, 0.25) is 0 Å². The molecule has 2 N–H and O–H groups in total. The lowest BCUT2D eigenvalue weighted by Crippen LogP contribution is -2.17. The predicted octanol–water partition coefficient (Wildman–Crippen LogP) is 5.78. The summed E-state index contributed by atoms with van der Waals surface area (Å²) in [6.07, 6.45) is 0. The zero-order valence-electron chi connectivity index (χ0n) is 18.0. The van der Waals surface area contributed by atoms with Crippen molar-refractivity contribution in [2.45, 2.75) is 37.5 Å². The largest absolute Gasteiger partial charge is 0.321 e. The first-order valence-electron chi connectivity index (χ1n) is 9.94. The summed E-state index contributed by atoms with van der Waals surface area (Å²) < 4.78 is 28.8. The van der Waals surface area contributed by atoms with Crippen LogP contribution in [-0.4, -0.2) is 20.1 Å². The molecule has 0 aliphatic rings. The third kappa shape index (κ3) is 5.68. The molecule has 0 fully saturated rings. The van der Waals surface area contributed by atoms with E-state index in [1.54, 1.807) is 43.0 Å². The number of carbonyl (C=O) groups is 1. The third-order valence-corrected chi connectivity index (χ3v) is 7.13. The molecule has 0 aliphatic carbocycles. The minimum atomic E-state index is -3.86. The molecule has 0 saturated heterocycles. The molecule has 0 heterocycles. The van der Waals surface area contributed by atoms with Crippen LogP contribution in [0.25, 0.3) is 0 Å². The van der Waals surface area contributed by atoms with Crippen molar-refractivity contribution in [3.8, 4) is 0 Å². The normalized spacial score (nSPS) is 11.2. The Morgan fingerprint density at radius 1 is 0.935 bits per heavy atom. The number of rotatable bonds is 7. The van der Waals surface area contributed by atoms with Gasteiger partial charge in [-0.25, -0.2) is 8.42 Å². The summed E-state index contributed by atoms with van der Waals surface area (Å²) in [4.78, 5) is 13.9. The summed E-state index contributed by atoms with van der Waals surface area (Å²) in [5, 5.41) is 2.90. The van der Waals surface area contributed by atoms with Crippen molar-refractivity contribution >= 4 is 39.1 Å². The lowest BCUT2D eigenvalue weighted by molar-refractivity contribution is 0.102. The van der Waals surface area contributed by atoms with Gasteiger partial charge in [-0.05, 0) is 79.6 Å². The van der Waals surface area contributed by atoms with Gasteiger partial charge in [-0.2, -0.15) is 0 Å². The topological polar surface area (TPSA) is 75.3 Å². The van der Waals surface area contributed by atoms with Crippen LogP contribution in [0.15, 0.2) is 70.5 Å². The second-order valence-corrected chi connectivity index (χ2v) is 10.3. The van der Waals surface area contributed by atoms with Crippen LogP contribution in [0.2, 0.25) is 0 Å². The molecule has 162 valence electrons. The van der Waals surface area contributed by atoms with Gasteiger partial charge in [0, 0.05) is 16.1 Å². The molecule has 5 nitrogen and oxygen atoms in total. The highest BCUT2D eigenvalue weighted by Crippen LogP contribution is 2.28. The molecule has 3 rings (SSSR count). The molecule has 3 aromatic rings. The molecule has 0 aliphatic heterocycles. The number of nitrogens with one attached hydrogen (secondary N) is 2. The average Bonchev–Trinajstić information content (AvgIpc) is 2.68. The number of aryl methyl sites for hydroxylation is 3. The Morgan fingerprint density at radius 2 is 1.61 bits per heavy atom. The SMILES string of the molecule is CCSc1ccccc1NC(=O)c1ccc(C)c(S(=O)(=O)Nc2cc(C)cc(C)c2)c1. The minimum Gasteiger partial charge on any atom is -0.321 e. The summed E-state index contributed by atoms with van der Waals surface area (Å²) >= 11 is 1.63. The molecule has 1 amide bonds. The number of amides is 1. The van der Waals surface area contributed by atoms with E-state index in [0.717, 1.165) is 21.8 Å². The first-order valence-corrected chi connectivity index (χ1v) is 12.4. The van der Waals surface area contributed by atoms with E-state index in [0.29, 0.717) is 16.9 Å². The molecular formula is C24H26N2O3S2. The van der Waals surface area contributed by atoms with Gasteiger partial charge < -0.3 is 5.32 Å². The fraction of sp³-hybridized carbons (Fsp3) is 0.208. The van der Waals surface area contributed by atoms with E-state index < -0.39 is 10.0 Å². The van der Waals surface area contributed by atoms with Crippen LogP contribution in [0.1, 0.15) is 34.0 Å². The number of hydrogen-bond donors (Lipinski definition) is 2. The number of carbonyl (C=O) groups excluding carboxylic acids is 1. The highest BCUT2D eigenvalue weighted by molar-refractivity contribution is 7.99. The van der Waals surface area contributed by atoms with Crippen LogP contribution in [0, 0.1) is 20.8 Å². The van der Waals surface area contributed by atoms with Crippen molar-refractivity contribution in [2.24, 2.45) is 0 Å².